The predicted molar refractivity (Wildman–Crippen MR) is 132 cm³/mol. The summed E-state index contributed by atoms with van der Waals surface area (Å²) < 4.78 is 28.5. The van der Waals surface area contributed by atoms with Gasteiger partial charge in [-0.2, -0.15) is 0 Å². The van der Waals surface area contributed by atoms with Gasteiger partial charge in [-0.1, -0.05) is 43.3 Å². The van der Waals surface area contributed by atoms with Crippen LogP contribution in [0.3, 0.4) is 0 Å². The highest BCUT2D eigenvalue weighted by Crippen LogP contribution is 2.19. The van der Waals surface area contributed by atoms with Gasteiger partial charge in [-0.15, -0.1) is 0 Å². The quantitative estimate of drug-likeness (QED) is 0.566. The maximum atomic E-state index is 13.1. The summed E-state index contributed by atoms with van der Waals surface area (Å²) in [5, 5.41) is 2.96. The second-order valence-corrected chi connectivity index (χ2v) is 10.5. The van der Waals surface area contributed by atoms with Crippen LogP contribution in [0.1, 0.15) is 41.8 Å². The van der Waals surface area contributed by atoms with E-state index >= 15 is 0 Å². The zero-order chi connectivity index (χ0) is 24.7. The lowest BCUT2D eigenvalue weighted by molar-refractivity contribution is -0.123. The summed E-state index contributed by atoms with van der Waals surface area (Å²) >= 11 is 0. The van der Waals surface area contributed by atoms with Crippen molar-refractivity contribution < 1.29 is 18.0 Å². The summed E-state index contributed by atoms with van der Waals surface area (Å²) in [5.41, 5.74) is 1.77. The van der Waals surface area contributed by atoms with Gasteiger partial charge in [0.1, 0.15) is 0 Å². The Kier molecular flexibility index (Phi) is 8.82. The zero-order valence-electron chi connectivity index (χ0n) is 20.1. The molecule has 184 valence electrons. The fraction of sp³-hybridized carbons (Fsp3) is 0.440. The first kappa shape index (κ1) is 25.9. The number of carbonyl (C=O) groups excluding carboxylic acids is 2. The summed E-state index contributed by atoms with van der Waals surface area (Å²) in [4.78, 5) is 29.1. The monoisotopic (exact) mass is 486 g/mol. The van der Waals surface area contributed by atoms with Gasteiger partial charge < -0.3 is 10.2 Å². The van der Waals surface area contributed by atoms with Crippen molar-refractivity contribution in [1.29, 1.82) is 0 Å². The first-order valence-corrected chi connectivity index (χ1v) is 13.1. The van der Waals surface area contributed by atoms with E-state index in [4.69, 9.17) is 0 Å². The molecule has 1 aliphatic rings. The highest BCUT2D eigenvalue weighted by atomic mass is 32.2. The van der Waals surface area contributed by atoms with Crippen molar-refractivity contribution in [2.45, 2.75) is 44.7 Å². The Morgan fingerprint density at radius 1 is 1.03 bits per heavy atom. The zero-order valence-corrected chi connectivity index (χ0v) is 20.9. The van der Waals surface area contributed by atoms with Crippen LogP contribution in [0.4, 0.5) is 0 Å². The van der Waals surface area contributed by atoms with E-state index in [2.05, 4.69) is 10.0 Å². The Morgan fingerprint density at radius 2 is 1.71 bits per heavy atom. The second kappa shape index (κ2) is 11.6. The van der Waals surface area contributed by atoms with E-state index < -0.39 is 10.0 Å². The molecule has 0 aromatic heterocycles. The predicted octanol–water partition coefficient (Wildman–Crippen LogP) is 2.15. The van der Waals surface area contributed by atoms with Gasteiger partial charge in [-0.3, -0.25) is 14.5 Å². The number of nitrogens with one attached hydrogen (secondary N) is 2. The molecule has 1 atom stereocenters. The minimum atomic E-state index is -3.78. The molecule has 1 unspecified atom stereocenters. The largest absolute Gasteiger partial charge is 0.353 e. The van der Waals surface area contributed by atoms with Gasteiger partial charge in [0.15, 0.2) is 0 Å². The van der Waals surface area contributed by atoms with E-state index in [0.717, 1.165) is 12.0 Å². The minimum Gasteiger partial charge on any atom is -0.353 e. The lowest BCUT2D eigenvalue weighted by atomic mass is 10.1. The standard InChI is InChI=1S/C25H34N4O4S/c1-4-20(3)27-24(30)18-28-12-14-29(15-13-28)25(31)22-11-10-19(2)23(16-22)34(32,33)26-17-21-8-6-5-7-9-21/h5-11,16,20,26H,4,12-15,17-18H2,1-3H3,(H,27,30). The molecule has 9 heteroatoms. The molecule has 0 aliphatic carbocycles. The highest BCUT2D eigenvalue weighted by Gasteiger charge is 2.25. The van der Waals surface area contributed by atoms with Crippen LogP contribution in [0, 0.1) is 6.92 Å². The molecular formula is C25H34N4O4S. The lowest BCUT2D eigenvalue weighted by Gasteiger charge is -2.34. The van der Waals surface area contributed by atoms with Crippen LogP contribution < -0.4 is 10.0 Å². The Morgan fingerprint density at radius 3 is 2.35 bits per heavy atom. The summed E-state index contributed by atoms with van der Waals surface area (Å²) in [5.74, 6) is -0.214. The number of aryl methyl sites for hydroxylation is 1. The lowest BCUT2D eigenvalue weighted by Crippen LogP contribution is -2.51. The Labute approximate surface area is 202 Å². The summed E-state index contributed by atoms with van der Waals surface area (Å²) in [6, 6.07) is 14.2. The third kappa shape index (κ3) is 6.88. The van der Waals surface area contributed by atoms with Gasteiger partial charge in [-0.25, -0.2) is 13.1 Å². The molecule has 2 aromatic rings. The summed E-state index contributed by atoms with van der Waals surface area (Å²) in [6.07, 6.45) is 0.879. The number of hydrogen-bond donors (Lipinski definition) is 2. The average molecular weight is 487 g/mol. The van der Waals surface area contributed by atoms with Crippen molar-refractivity contribution >= 4 is 21.8 Å². The van der Waals surface area contributed by atoms with Crippen molar-refractivity contribution in [2.75, 3.05) is 32.7 Å². The molecule has 0 bridgehead atoms. The molecule has 1 fully saturated rings. The molecule has 0 spiro atoms. The summed E-state index contributed by atoms with van der Waals surface area (Å²) in [6.45, 7) is 8.35. The molecule has 2 aromatic carbocycles. The van der Waals surface area contributed by atoms with Crippen molar-refractivity contribution in [2.24, 2.45) is 0 Å². The Hall–Kier alpha value is -2.75. The molecule has 0 saturated carbocycles. The van der Waals surface area contributed by atoms with Crippen LogP contribution >= 0.6 is 0 Å². The van der Waals surface area contributed by atoms with Crippen LogP contribution in [-0.2, 0) is 21.4 Å². The average Bonchev–Trinajstić information content (AvgIpc) is 2.83. The highest BCUT2D eigenvalue weighted by molar-refractivity contribution is 7.89. The number of carbonyl (C=O) groups is 2. The first-order chi connectivity index (χ1) is 16.2. The first-order valence-electron chi connectivity index (χ1n) is 11.6. The van der Waals surface area contributed by atoms with E-state index in [1.165, 1.54) is 6.07 Å². The van der Waals surface area contributed by atoms with Crippen LogP contribution in [0.2, 0.25) is 0 Å². The maximum absolute atomic E-state index is 13.1. The number of sulfonamides is 1. The molecule has 2 N–H and O–H groups in total. The van der Waals surface area contributed by atoms with E-state index in [-0.39, 0.29) is 29.3 Å². The molecule has 8 nitrogen and oxygen atoms in total. The molecule has 34 heavy (non-hydrogen) atoms. The second-order valence-electron chi connectivity index (χ2n) is 8.74. The van der Waals surface area contributed by atoms with Crippen molar-refractivity contribution in [1.82, 2.24) is 19.8 Å². The number of nitrogens with zero attached hydrogens (tertiary/aromatic N) is 2. The smallest absolute Gasteiger partial charge is 0.253 e. The van der Waals surface area contributed by atoms with Crippen LogP contribution in [0.25, 0.3) is 0 Å². The van der Waals surface area contributed by atoms with Gasteiger partial charge in [-0.05, 0) is 43.5 Å². The fourth-order valence-corrected chi connectivity index (χ4v) is 5.08. The molecule has 3 rings (SSSR count). The van der Waals surface area contributed by atoms with E-state index in [1.54, 1.807) is 24.0 Å². The minimum absolute atomic E-state index is 0.00878. The van der Waals surface area contributed by atoms with Crippen LogP contribution in [0.5, 0.6) is 0 Å². The topological polar surface area (TPSA) is 98.8 Å². The van der Waals surface area contributed by atoms with Crippen molar-refractivity contribution in [3.63, 3.8) is 0 Å². The number of piperazine rings is 1. The molecule has 2 amide bonds. The normalized spacial score (nSPS) is 15.7. The molecule has 0 radical (unpaired) electrons. The van der Waals surface area contributed by atoms with Crippen molar-refractivity contribution in [3.8, 4) is 0 Å². The van der Waals surface area contributed by atoms with Gasteiger partial charge in [0.05, 0.1) is 11.4 Å². The maximum Gasteiger partial charge on any atom is 0.253 e. The van der Waals surface area contributed by atoms with Gasteiger partial charge >= 0.3 is 0 Å². The van der Waals surface area contributed by atoms with E-state index in [9.17, 15) is 18.0 Å². The molecule has 1 saturated heterocycles. The summed E-state index contributed by atoms with van der Waals surface area (Å²) in [7, 11) is -3.78. The number of amides is 2. The third-order valence-electron chi connectivity index (χ3n) is 6.08. The fourth-order valence-electron chi connectivity index (χ4n) is 3.79. The SMILES string of the molecule is CCC(C)NC(=O)CN1CCN(C(=O)c2ccc(C)c(S(=O)(=O)NCc3ccccc3)c2)CC1. The molecule has 1 aliphatic heterocycles. The number of hydrogen-bond acceptors (Lipinski definition) is 5. The number of rotatable bonds is 9. The van der Waals surface area contributed by atoms with E-state index in [0.29, 0.717) is 43.9 Å². The van der Waals surface area contributed by atoms with Gasteiger partial charge in [0.2, 0.25) is 15.9 Å². The Bertz CT molecular complexity index is 1100. The Balaban J connectivity index is 1.62. The van der Waals surface area contributed by atoms with E-state index in [1.807, 2.05) is 49.1 Å². The third-order valence-corrected chi connectivity index (χ3v) is 7.62. The van der Waals surface area contributed by atoms with Crippen LogP contribution in [0.15, 0.2) is 53.4 Å². The molecular weight excluding hydrogens is 452 g/mol. The van der Waals surface area contributed by atoms with Gasteiger partial charge in [0, 0.05) is 44.3 Å². The van der Waals surface area contributed by atoms with Gasteiger partial charge in [0.25, 0.3) is 5.91 Å². The number of benzene rings is 2. The van der Waals surface area contributed by atoms with Crippen molar-refractivity contribution in [3.05, 3.63) is 65.2 Å². The molecule has 1 heterocycles. The van der Waals surface area contributed by atoms with Crippen LogP contribution in [-0.4, -0.2) is 68.8 Å².